The zero-order valence-electron chi connectivity index (χ0n) is 14.6. The maximum Gasteiger partial charge on any atom is 0.436 e. The first kappa shape index (κ1) is 20.1. The van der Waals surface area contributed by atoms with E-state index in [1.165, 1.54) is 18.2 Å². The molecular weight excluding hydrogens is 401 g/mol. The molecule has 0 radical (unpaired) electrons. The van der Waals surface area contributed by atoms with Crippen molar-refractivity contribution in [1.82, 2.24) is 19.8 Å². The van der Waals surface area contributed by atoms with Crippen LogP contribution >= 0.6 is 0 Å². The second kappa shape index (κ2) is 7.38. The smallest absolute Gasteiger partial charge is 0.379 e. The Kier molecular flexibility index (Phi) is 5.28. The minimum atomic E-state index is -4.86. The van der Waals surface area contributed by atoms with Gasteiger partial charge in [-0.2, -0.15) is 28.2 Å². The molecule has 2 aromatic rings. The van der Waals surface area contributed by atoms with Crippen molar-refractivity contribution < 1.29 is 26.3 Å². The summed E-state index contributed by atoms with van der Waals surface area (Å²) in [6.45, 7) is 1.52. The highest BCUT2D eigenvalue weighted by molar-refractivity contribution is 7.90. The summed E-state index contributed by atoms with van der Waals surface area (Å²) in [5.74, 6) is -0.286. The lowest BCUT2D eigenvalue weighted by Gasteiger charge is -2.28. The molecule has 1 fully saturated rings. The second-order valence-electron chi connectivity index (χ2n) is 5.93. The van der Waals surface area contributed by atoms with Crippen molar-refractivity contribution in [3.05, 3.63) is 29.6 Å². The Morgan fingerprint density at radius 3 is 2.46 bits per heavy atom. The largest absolute Gasteiger partial charge is 0.436 e. The fraction of sp³-hybridized carbons (Fsp3) is 0.400. The molecule has 28 heavy (non-hydrogen) atoms. The molecule has 1 aliphatic rings. The number of anilines is 1. The van der Waals surface area contributed by atoms with Crippen molar-refractivity contribution >= 4 is 15.7 Å². The normalized spacial score (nSPS) is 16.0. The lowest BCUT2D eigenvalue weighted by molar-refractivity contribution is -0.141. The van der Waals surface area contributed by atoms with Gasteiger partial charge in [0.05, 0.1) is 18.1 Å². The first-order valence-electron chi connectivity index (χ1n) is 7.97. The van der Waals surface area contributed by atoms with E-state index >= 15 is 0 Å². The van der Waals surface area contributed by atoms with E-state index in [0.717, 1.165) is 17.1 Å². The Hall–Kier alpha value is -2.69. The van der Waals surface area contributed by atoms with Gasteiger partial charge in [0.2, 0.25) is 0 Å². The molecule has 0 atom stereocenters. The van der Waals surface area contributed by atoms with Gasteiger partial charge in [0.15, 0.2) is 27.2 Å². The first-order chi connectivity index (χ1) is 13.1. The molecule has 1 saturated heterocycles. The van der Waals surface area contributed by atoms with Crippen LogP contribution in [0.2, 0.25) is 0 Å². The van der Waals surface area contributed by atoms with Crippen molar-refractivity contribution in [3.63, 3.8) is 0 Å². The number of hydrogen-bond donors (Lipinski definition) is 1. The fourth-order valence-electron chi connectivity index (χ4n) is 2.53. The Bertz CT molecular complexity index is 1010. The predicted molar refractivity (Wildman–Crippen MR) is 90.2 cm³/mol. The summed E-state index contributed by atoms with van der Waals surface area (Å²) >= 11 is 0. The van der Waals surface area contributed by atoms with Gasteiger partial charge in [-0.25, -0.2) is 18.4 Å². The zero-order chi connectivity index (χ0) is 20.5. The van der Waals surface area contributed by atoms with E-state index in [1.807, 2.05) is 0 Å². The second-order valence-corrected chi connectivity index (χ2v) is 7.94. The lowest BCUT2D eigenvalue weighted by atomic mass is 10.2. The summed E-state index contributed by atoms with van der Waals surface area (Å²) in [4.78, 5) is 3.81. The number of ether oxygens (including phenoxy) is 1. The number of sulfone groups is 1. The van der Waals surface area contributed by atoms with E-state index in [1.54, 1.807) is 5.01 Å². The van der Waals surface area contributed by atoms with Crippen molar-refractivity contribution in [1.29, 1.82) is 5.26 Å². The van der Waals surface area contributed by atoms with E-state index in [9.17, 15) is 26.9 Å². The van der Waals surface area contributed by atoms with Crippen LogP contribution in [0.25, 0.3) is 5.82 Å². The lowest BCUT2D eigenvalue weighted by Crippen LogP contribution is -2.41. The van der Waals surface area contributed by atoms with Crippen LogP contribution in [0.3, 0.4) is 0 Å². The summed E-state index contributed by atoms with van der Waals surface area (Å²) < 4.78 is 69.2. The number of nitrogens with zero attached hydrogens (tertiary/aromatic N) is 5. The number of pyridine rings is 1. The Balaban J connectivity index is 2.10. The molecule has 0 bridgehead atoms. The quantitative estimate of drug-likeness (QED) is 0.792. The van der Waals surface area contributed by atoms with Gasteiger partial charge < -0.3 is 10.2 Å². The number of rotatable bonds is 4. The van der Waals surface area contributed by atoms with E-state index in [-0.39, 0.29) is 16.5 Å². The van der Waals surface area contributed by atoms with Crippen LogP contribution in [-0.2, 0) is 20.8 Å². The molecule has 0 unspecified atom stereocenters. The standard InChI is InChI=1S/C15H15F3N6O3S/c1-28(25,26)10-2-3-12(20-9-10)24-14(22-23-4-6-27-7-5-23)11(8-19)13(21-24)15(16,17)18/h2-3,9,22H,4-7H2,1H3. The van der Waals surface area contributed by atoms with Gasteiger partial charge >= 0.3 is 6.18 Å². The highest BCUT2D eigenvalue weighted by Gasteiger charge is 2.40. The number of hydrogen-bond acceptors (Lipinski definition) is 8. The molecule has 1 aliphatic heterocycles. The molecule has 0 saturated carbocycles. The molecule has 0 amide bonds. The van der Waals surface area contributed by atoms with Crippen LogP contribution in [0.1, 0.15) is 11.3 Å². The maximum atomic E-state index is 13.4. The average Bonchev–Trinajstić information content (AvgIpc) is 3.00. The number of halogens is 3. The summed E-state index contributed by atoms with van der Waals surface area (Å²) in [5.41, 5.74) is 0.729. The molecule has 2 aromatic heterocycles. The Morgan fingerprint density at radius 1 is 1.29 bits per heavy atom. The molecule has 13 heteroatoms. The number of hydrazine groups is 1. The monoisotopic (exact) mass is 416 g/mol. The summed E-state index contributed by atoms with van der Waals surface area (Å²) in [7, 11) is -3.53. The predicted octanol–water partition coefficient (Wildman–Crippen LogP) is 1.22. The average molecular weight is 416 g/mol. The highest BCUT2D eigenvalue weighted by atomic mass is 32.2. The molecular formula is C15H15F3N6O3S. The van der Waals surface area contributed by atoms with Crippen molar-refractivity contribution in [3.8, 4) is 11.9 Å². The fourth-order valence-corrected chi connectivity index (χ4v) is 3.09. The highest BCUT2D eigenvalue weighted by Crippen LogP contribution is 2.35. The number of morpholine rings is 1. The van der Waals surface area contributed by atoms with Gasteiger partial charge in [-0.3, -0.25) is 0 Å². The number of nitrogens with one attached hydrogen (secondary N) is 1. The van der Waals surface area contributed by atoms with E-state index in [2.05, 4.69) is 15.5 Å². The third-order valence-electron chi connectivity index (χ3n) is 3.91. The molecule has 9 nitrogen and oxygen atoms in total. The van der Waals surface area contributed by atoms with Gasteiger partial charge in [-0.05, 0) is 12.1 Å². The van der Waals surface area contributed by atoms with Crippen LogP contribution in [0.4, 0.5) is 19.0 Å². The molecule has 0 aliphatic carbocycles. The van der Waals surface area contributed by atoms with E-state index < -0.39 is 27.3 Å². The molecule has 3 rings (SSSR count). The van der Waals surface area contributed by atoms with Crippen molar-refractivity contribution in [2.75, 3.05) is 38.0 Å². The number of alkyl halides is 3. The third-order valence-corrected chi connectivity index (χ3v) is 5.00. The maximum absolute atomic E-state index is 13.4. The molecule has 0 spiro atoms. The van der Waals surface area contributed by atoms with E-state index in [4.69, 9.17) is 4.74 Å². The van der Waals surface area contributed by atoms with Crippen LogP contribution in [-0.4, -0.2) is 60.8 Å². The van der Waals surface area contributed by atoms with Gasteiger partial charge in [0.25, 0.3) is 0 Å². The van der Waals surface area contributed by atoms with Crippen LogP contribution in [0.15, 0.2) is 23.2 Å². The number of nitriles is 1. The van der Waals surface area contributed by atoms with Crippen molar-refractivity contribution in [2.45, 2.75) is 11.1 Å². The Labute approximate surface area is 158 Å². The van der Waals surface area contributed by atoms with Gasteiger partial charge in [-0.15, -0.1) is 0 Å². The van der Waals surface area contributed by atoms with Gasteiger partial charge in [0, 0.05) is 25.5 Å². The molecule has 1 N–H and O–H groups in total. The first-order valence-corrected chi connectivity index (χ1v) is 9.86. The molecule has 0 aromatic carbocycles. The molecule has 3 heterocycles. The van der Waals surface area contributed by atoms with Gasteiger partial charge in [-0.1, -0.05) is 0 Å². The van der Waals surface area contributed by atoms with Crippen molar-refractivity contribution in [2.24, 2.45) is 0 Å². The summed E-state index contributed by atoms with van der Waals surface area (Å²) in [6, 6.07) is 3.96. The third kappa shape index (κ3) is 4.08. The molecule has 150 valence electrons. The zero-order valence-corrected chi connectivity index (χ0v) is 15.4. The minimum absolute atomic E-state index is 0.0739. The van der Waals surface area contributed by atoms with Gasteiger partial charge in [0.1, 0.15) is 11.6 Å². The topological polar surface area (TPSA) is 113 Å². The summed E-state index contributed by atoms with van der Waals surface area (Å²) in [6.07, 6.45) is -2.85. The Morgan fingerprint density at radius 2 is 1.96 bits per heavy atom. The summed E-state index contributed by atoms with van der Waals surface area (Å²) in [5, 5.41) is 14.4. The van der Waals surface area contributed by atoms with E-state index in [0.29, 0.717) is 26.3 Å². The SMILES string of the molecule is CS(=O)(=O)c1ccc(-n2nc(C(F)(F)F)c(C#N)c2NN2CCOCC2)nc1. The van der Waals surface area contributed by atoms with Crippen LogP contribution < -0.4 is 5.43 Å². The number of aromatic nitrogens is 3. The minimum Gasteiger partial charge on any atom is -0.379 e. The van der Waals surface area contributed by atoms with Crippen LogP contribution in [0, 0.1) is 11.3 Å². The van der Waals surface area contributed by atoms with Crippen LogP contribution in [0.5, 0.6) is 0 Å².